The van der Waals surface area contributed by atoms with Gasteiger partial charge in [-0.05, 0) is 35.9 Å². The van der Waals surface area contributed by atoms with E-state index < -0.39 is 0 Å². The van der Waals surface area contributed by atoms with Crippen molar-refractivity contribution in [3.05, 3.63) is 29.3 Å². The first kappa shape index (κ1) is 18.0. The first-order chi connectivity index (χ1) is 10.1. The smallest absolute Gasteiger partial charge is 0.126 e. The van der Waals surface area contributed by atoms with Crippen molar-refractivity contribution in [1.82, 2.24) is 5.32 Å². The van der Waals surface area contributed by atoms with Crippen LogP contribution in [0.15, 0.2) is 18.2 Å². The molecule has 0 aliphatic heterocycles. The van der Waals surface area contributed by atoms with Gasteiger partial charge in [-0.1, -0.05) is 45.9 Å². The number of hydrogen-bond acceptors (Lipinski definition) is 3. The van der Waals surface area contributed by atoms with Crippen LogP contribution in [0.25, 0.3) is 0 Å². The molecule has 0 saturated heterocycles. The number of rotatable bonds is 10. The Balaban J connectivity index is 2.56. The van der Waals surface area contributed by atoms with Gasteiger partial charge in [0.25, 0.3) is 0 Å². The fraction of sp³-hybridized carbons (Fsp3) is 0.667. The number of hydrogen-bond donors (Lipinski definition) is 1. The van der Waals surface area contributed by atoms with Crippen molar-refractivity contribution in [1.29, 1.82) is 0 Å². The van der Waals surface area contributed by atoms with E-state index in [0.29, 0.717) is 18.4 Å². The van der Waals surface area contributed by atoms with E-state index in [1.807, 2.05) is 0 Å². The molecule has 0 fully saturated rings. The van der Waals surface area contributed by atoms with Gasteiger partial charge in [-0.2, -0.15) is 0 Å². The maximum atomic E-state index is 6.10. The molecule has 0 amide bonds. The summed E-state index contributed by atoms with van der Waals surface area (Å²) in [5, 5.41) is 3.38. The molecule has 0 saturated carbocycles. The first-order valence-corrected chi connectivity index (χ1v) is 8.03. The summed E-state index contributed by atoms with van der Waals surface area (Å²) in [6, 6.07) is 6.50. The minimum Gasteiger partial charge on any atom is -0.492 e. The van der Waals surface area contributed by atoms with Crippen LogP contribution in [-0.4, -0.2) is 33.4 Å². The maximum absolute atomic E-state index is 6.10. The van der Waals surface area contributed by atoms with Crippen LogP contribution in [0.4, 0.5) is 0 Å². The Kier molecular flexibility index (Phi) is 8.40. The largest absolute Gasteiger partial charge is 0.492 e. The molecule has 1 aromatic carbocycles. The highest BCUT2D eigenvalue weighted by Gasteiger charge is 2.14. The third-order valence-electron chi connectivity index (χ3n) is 3.55. The summed E-state index contributed by atoms with van der Waals surface area (Å²) in [5.41, 5.74) is 2.61. The molecular weight excluding hydrogens is 262 g/mol. The third-order valence-corrected chi connectivity index (χ3v) is 3.55. The summed E-state index contributed by atoms with van der Waals surface area (Å²) < 4.78 is 11.1. The van der Waals surface area contributed by atoms with Crippen molar-refractivity contribution < 1.29 is 9.47 Å². The molecule has 120 valence electrons. The molecule has 0 radical (unpaired) electrons. The normalized spacial score (nSPS) is 11.4. The molecule has 0 aromatic heterocycles. The van der Waals surface area contributed by atoms with Gasteiger partial charge < -0.3 is 14.8 Å². The van der Waals surface area contributed by atoms with Gasteiger partial charge in [-0.3, -0.25) is 0 Å². The highest BCUT2D eigenvalue weighted by atomic mass is 16.5. The standard InChI is InChI=1S/C18H31NO2/c1-14(2)16-8-6-9-17(15(3)4)18(16)21-13-11-19-10-7-12-20-5/h6,8-9,14-15,19H,7,10-13H2,1-5H3. The van der Waals surface area contributed by atoms with E-state index in [-0.39, 0.29) is 0 Å². The number of methoxy groups -OCH3 is 1. The number of benzene rings is 1. The summed E-state index contributed by atoms with van der Waals surface area (Å²) in [6.45, 7) is 12.2. The van der Waals surface area contributed by atoms with Crippen LogP contribution < -0.4 is 10.1 Å². The summed E-state index contributed by atoms with van der Waals surface area (Å²) in [4.78, 5) is 0. The lowest BCUT2D eigenvalue weighted by Gasteiger charge is -2.20. The maximum Gasteiger partial charge on any atom is 0.126 e. The van der Waals surface area contributed by atoms with Crippen LogP contribution in [0, 0.1) is 0 Å². The average molecular weight is 293 g/mol. The second-order valence-electron chi connectivity index (χ2n) is 6.02. The van der Waals surface area contributed by atoms with E-state index in [4.69, 9.17) is 9.47 Å². The lowest BCUT2D eigenvalue weighted by atomic mass is 9.94. The zero-order chi connectivity index (χ0) is 15.7. The van der Waals surface area contributed by atoms with Gasteiger partial charge >= 0.3 is 0 Å². The molecule has 0 unspecified atom stereocenters. The zero-order valence-corrected chi connectivity index (χ0v) is 14.2. The number of ether oxygens (including phenoxy) is 2. The van der Waals surface area contributed by atoms with Crippen molar-refractivity contribution in [3.63, 3.8) is 0 Å². The van der Waals surface area contributed by atoms with Crippen LogP contribution in [0.3, 0.4) is 0 Å². The summed E-state index contributed by atoms with van der Waals surface area (Å²) in [6.07, 6.45) is 1.04. The number of para-hydroxylation sites is 1. The van der Waals surface area contributed by atoms with Crippen LogP contribution in [0.5, 0.6) is 5.75 Å². The Labute approximate surface area is 130 Å². The first-order valence-electron chi connectivity index (χ1n) is 8.03. The topological polar surface area (TPSA) is 30.5 Å². The highest BCUT2D eigenvalue weighted by Crippen LogP contribution is 2.34. The van der Waals surface area contributed by atoms with Crippen LogP contribution in [0.2, 0.25) is 0 Å². The molecular formula is C18H31NO2. The van der Waals surface area contributed by atoms with Gasteiger partial charge in [-0.15, -0.1) is 0 Å². The summed E-state index contributed by atoms with van der Waals surface area (Å²) >= 11 is 0. The molecule has 3 nitrogen and oxygen atoms in total. The second kappa shape index (κ2) is 9.80. The Hall–Kier alpha value is -1.06. The molecule has 0 atom stereocenters. The van der Waals surface area contributed by atoms with Crippen molar-refractivity contribution in [3.8, 4) is 5.75 Å². The molecule has 3 heteroatoms. The molecule has 1 N–H and O–H groups in total. The monoisotopic (exact) mass is 293 g/mol. The molecule has 0 bridgehead atoms. The molecule has 0 aliphatic rings. The Morgan fingerprint density at radius 3 is 2.10 bits per heavy atom. The van der Waals surface area contributed by atoms with Crippen molar-refractivity contribution >= 4 is 0 Å². The van der Waals surface area contributed by atoms with Crippen LogP contribution in [0.1, 0.15) is 57.1 Å². The SMILES string of the molecule is COCCCNCCOc1c(C(C)C)cccc1C(C)C. The fourth-order valence-electron chi connectivity index (χ4n) is 2.34. The van der Waals surface area contributed by atoms with E-state index in [0.717, 1.165) is 31.9 Å². The van der Waals surface area contributed by atoms with Gasteiger partial charge in [0.05, 0.1) is 0 Å². The lowest BCUT2D eigenvalue weighted by Crippen LogP contribution is -2.23. The highest BCUT2D eigenvalue weighted by molar-refractivity contribution is 5.44. The summed E-state index contributed by atoms with van der Waals surface area (Å²) in [7, 11) is 1.74. The molecule has 1 aromatic rings. The molecule has 1 rings (SSSR count). The number of nitrogens with one attached hydrogen (secondary N) is 1. The minimum atomic E-state index is 0.480. The van der Waals surface area contributed by atoms with Gasteiger partial charge in [0.1, 0.15) is 12.4 Å². The van der Waals surface area contributed by atoms with Gasteiger partial charge in [0.15, 0.2) is 0 Å². The van der Waals surface area contributed by atoms with Gasteiger partial charge in [-0.25, -0.2) is 0 Å². The Morgan fingerprint density at radius 2 is 1.57 bits per heavy atom. The third kappa shape index (κ3) is 6.06. The van der Waals surface area contributed by atoms with E-state index in [9.17, 15) is 0 Å². The quantitative estimate of drug-likeness (QED) is 0.663. The van der Waals surface area contributed by atoms with Gasteiger partial charge in [0.2, 0.25) is 0 Å². The predicted octanol–water partition coefficient (Wildman–Crippen LogP) is 3.94. The molecule has 0 aliphatic carbocycles. The zero-order valence-electron chi connectivity index (χ0n) is 14.2. The summed E-state index contributed by atoms with van der Waals surface area (Å²) in [5.74, 6) is 2.04. The van der Waals surface area contributed by atoms with E-state index in [1.54, 1.807) is 7.11 Å². The van der Waals surface area contributed by atoms with Crippen molar-refractivity contribution in [2.75, 3.05) is 33.4 Å². The molecule has 0 spiro atoms. The minimum absolute atomic E-state index is 0.480. The van der Waals surface area contributed by atoms with Crippen molar-refractivity contribution in [2.24, 2.45) is 0 Å². The average Bonchev–Trinajstić information content (AvgIpc) is 2.45. The fourth-order valence-corrected chi connectivity index (χ4v) is 2.34. The molecule has 21 heavy (non-hydrogen) atoms. The van der Waals surface area contributed by atoms with Crippen LogP contribution >= 0.6 is 0 Å². The Bertz CT molecular complexity index is 376. The Morgan fingerprint density at radius 1 is 0.952 bits per heavy atom. The van der Waals surface area contributed by atoms with Crippen molar-refractivity contribution in [2.45, 2.75) is 46.0 Å². The lowest BCUT2D eigenvalue weighted by molar-refractivity contribution is 0.193. The van der Waals surface area contributed by atoms with E-state index >= 15 is 0 Å². The second-order valence-corrected chi connectivity index (χ2v) is 6.02. The molecule has 0 heterocycles. The van der Waals surface area contributed by atoms with Gasteiger partial charge in [0, 0.05) is 20.3 Å². The van der Waals surface area contributed by atoms with E-state index in [1.165, 1.54) is 11.1 Å². The van der Waals surface area contributed by atoms with E-state index in [2.05, 4.69) is 51.2 Å². The predicted molar refractivity (Wildman–Crippen MR) is 89.5 cm³/mol. The van der Waals surface area contributed by atoms with Crippen LogP contribution in [-0.2, 0) is 4.74 Å².